The summed E-state index contributed by atoms with van der Waals surface area (Å²) in [7, 11) is 0. The number of halogens is 3. The zero-order chi connectivity index (χ0) is 18.3. The first-order valence-electron chi connectivity index (χ1n) is 7.77. The number of para-hydroxylation sites is 1. The molecule has 4 rings (SSSR count). The van der Waals surface area contributed by atoms with Gasteiger partial charge in [-0.2, -0.15) is 4.98 Å². The Kier molecular flexibility index (Phi) is 4.30. The van der Waals surface area contributed by atoms with Gasteiger partial charge in [0.15, 0.2) is 0 Å². The molecule has 1 N–H and O–H groups in total. The Labute approximate surface area is 157 Å². The molecule has 2 heterocycles. The predicted molar refractivity (Wildman–Crippen MR) is 102 cm³/mol. The smallest absolute Gasteiger partial charge is 0.225 e. The number of nitrogens with one attached hydrogen (secondary N) is 1. The van der Waals surface area contributed by atoms with Crippen LogP contribution in [-0.4, -0.2) is 9.97 Å². The summed E-state index contributed by atoms with van der Waals surface area (Å²) >= 11 is 7.52. The number of nitrogens with zero attached hydrogens (tertiary/aromatic N) is 2. The Morgan fingerprint density at radius 2 is 1.73 bits per heavy atom. The molecular weight excluding hydrogens is 376 g/mol. The quantitative estimate of drug-likeness (QED) is 0.417. The lowest BCUT2D eigenvalue weighted by molar-refractivity contribution is 0.628. The molecule has 0 radical (unpaired) electrons. The highest BCUT2D eigenvalue weighted by molar-refractivity contribution is 7.19. The van der Waals surface area contributed by atoms with Gasteiger partial charge < -0.3 is 5.32 Å². The van der Waals surface area contributed by atoms with Crippen LogP contribution in [0.3, 0.4) is 0 Å². The van der Waals surface area contributed by atoms with Gasteiger partial charge in [-0.3, -0.25) is 0 Å². The minimum Gasteiger partial charge on any atom is -0.337 e. The SMILES string of the molecule is Cc1sc2nc(Cl)nc(Nc3ccccc3F)c2c1-c1ccc(F)cc1. The average Bonchev–Trinajstić information content (AvgIpc) is 2.93. The van der Waals surface area contributed by atoms with E-state index >= 15 is 0 Å². The first-order valence-corrected chi connectivity index (χ1v) is 8.96. The number of aromatic nitrogens is 2. The Morgan fingerprint density at radius 1 is 1.00 bits per heavy atom. The molecule has 2 aromatic carbocycles. The maximum atomic E-state index is 14.1. The molecule has 3 nitrogen and oxygen atoms in total. The molecule has 0 unspecified atom stereocenters. The lowest BCUT2D eigenvalue weighted by Crippen LogP contribution is -1.98. The molecule has 2 aromatic heterocycles. The zero-order valence-corrected chi connectivity index (χ0v) is 15.1. The number of benzene rings is 2. The molecule has 0 bridgehead atoms. The Hall–Kier alpha value is -2.57. The van der Waals surface area contributed by atoms with Crippen LogP contribution in [0.5, 0.6) is 0 Å². The van der Waals surface area contributed by atoms with Crippen molar-refractivity contribution in [2.75, 3.05) is 5.32 Å². The monoisotopic (exact) mass is 387 g/mol. The summed E-state index contributed by atoms with van der Waals surface area (Å²) < 4.78 is 27.4. The van der Waals surface area contributed by atoms with Crippen LogP contribution in [0.2, 0.25) is 5.28 Å². The van der Waals surface area contributed by atoms with E-state index in [9.17, 15) is 8.78 Å². The lowest BCUT2D eigenvalue weighted by Gasteiger charge is -2.10. The number of hydrogen-bond donors (Lipinski definition) is 1. The molecule has 0 aliphatic rings. The van der Waals surface area contributed by atoms with Crippen LogP contribution < -0.4 is 5.32 Å². The third-order valence-electron chi connectivity index (χ3n) is 3.96. The van der Waals surface area contributed by atoms with Gasteiger partial charge in [-0.15, -0.1) is 11.3 Å². The van der Waals surface area contributed by atoms with Crippen LogP contribution in [0.15, 0.2) is 48.5 Å². The molecular formula is C19H12ClF2N3S. The minimum absolute atomic E-state index is 0.0724. The van der Waals surface area contributed by atoms with E-state index in [0.717, 1.165) is 21.4 Å². The number of anilines is 2. The van der Waals surface area contributed by atoms with Crippen molar-refractivity contribution in [1.82, 2.24) is 9.97 Å². The molecule has 0 amide bonds. The van der Waals surface area contributed by atoms with Gasteiger partial charge in [0.2, 0.25) is 5.28 Å². The summed E-state index contributed by atoms with van der Waals surface area (Å²) in [5.74, 6) is -0.297. The number of fused-ring (bicyclic) bond motifs is 1. The van der Waals surface area contributed by atoms with Gasteiger partial charge in [0.25, 0.3) is 0 Å². The van der Waals surface area contributed by atoms with Crippen LogP contribution >= 0.6 is 22.9 Å². The highest BCUT2D eigenvalue weighted by Crippen LogP contribution is 2.42. The molecule has 0 saturated carbocycles. The zero-order valence-electron chi connectivity index (χ0n) is 13.6. The standard InChI is InChI=1S/C19H12ClF2N3S/c1-10-15(11-6-8-12(21)9-7-11)16-17(24-19(20)25-18(16)26-10)23-14-5-3-2-4-13(14)22/h2-9H,1H3,(H,23,24,25). The van der Waals surface area contributed by atoms with E-state index in [1.165, 1.54) is 29.5 Å². The third kappa shape index (κ3) is 3.02. The second-order valence-corrected chi connectivity index (χ2v) is 7.21. The molecule has 0 saturated heterocycles. The lowest BCUT2D eigenvalue weighted by atomic mass is 10.0. The van der Waals surface area contributed by atoms with Crippen molar-refractivity contribution in [3.05, 3.63) is 70.3 Å². The molecule has 0 atom stereocenters. The van der Waals surface area contributed by atoms with Crippen LogP contribution in [0.25, 0.3) is 21.3 Å². The molecule has 0 fully saturated rings. The molecule has 0 aliphatic carbocycles. The van der Waals surface area contributed by atoms with E-state index in [0.29, 0.717) is 10.6 Å². The number of aryl methyl sites for hydroxylation is 1. The van der Waals surface area contributed by atoms with E-state index in [-0.39, 0.29) is 16.8 Å². The average molecular weight is 388 g/mol. The van der Waals surface area contributed by atoms with Crippen molar-refractivity contribution in [2.45, 2.75) is 6.92 Å². The van der Waals surface area contributed by atoms with Crippen LogP contribution in [-0.2, 0) is 0 Å². The minimum atomic E-state index is -0.398. The fraction of sp³-hybridized carbons (Fsp3) is 0.0526. The largest absolute Gasteiger partial charge is 0.337 e. The van der Waals surface area contributed by atoms with Gasteiger partial charge in [-0.25, -0.2) is 13.8 Å². The van der Waals surface area contributed by atoms with Crippen molar-refractivity contribution in [3.63, 3.8) is 0 Å². The topological polar surface area (TPSA) is 37.8 Å². The van der Waals surface area contributed by atoms with E-state index in [4.69, 9.17) is 11.6 Å². The molecule has 0 spiro atoms. The highest BCUT2D eigenvalue weighted by Gasteiger charge is 2.19. The summed E-state index contributed by atoms with van der Waals surface area (Å²) in [4.78, 5) is 10.2. The Balaban J connectivity index is 1.95. The first-order chi connectivity index (χ1) is 12.5. The van der Waals surface area contributed by atoms with Gasteiger partial charge in [-0.05, 0) is 48.4 Å². The van der Waals surface area contributed by atoms with Crippen molar-refractivity contribution >= 4 is 44.7 Å². The number of thiophene rings is 1. The Morgan fingerprint density at radius 3 is 2.46 bits per heavy atom. The summed E-state index contributed by atoms with van der Waals surface area (Å²) in [6.07, 6.45) is 0. The molecule has 130 valence electrons. The second-order valence-electron chi connectivity index (χ2n) is 5.67. The number of rotatable bonds is 3. The maximum Gasteiger partial charge on any atom is 0.225 e. The van der Waals surface area contributed by atoms with Gasteiger partial charge >= 0.3 is 0 Å². The van der Waals surface area contributed by atoms with E-state index in [1.54, 1.807) is 30.3 Å². The summed E-state index contributed by atoms with van der Waals surface area (Å²) in [6.45, 7) is 1.95. The maximum absolute atomic E-state index is 14.1. The van der Waals surface area contributed by atoms with Crippen molar-refractivity contribution in [3.8, 4) is 11.1 Å². The van der Waals surface area contributed by atoms with Gasteiger partial charge in [0.05, 0.1) is 11.1 Å². The Bertz CT molecular complexity index is 1110. The van der Waals surface area contributed by atoms with E-state index in [1.807, 2.05) is 6.92 Å². The summed E-state index contributed by atoms with van der Waals surface area (Å²) in [6, 6.07) is 12.5. The summed E-state index contributed by atoms with van der Waals surface area (Å²) in [5, 5.41) is 3.81. The van der Waals surface area contributed by atoms with Crippen molar-refractivity contribution in [1.29, 1.82) is 0 Å². The van der Waals surface area contributed by atoms with Gasteiger partial charge in [0, 0.05) is 10.4 Å². The van der Waals surface area contributed by atoms with Gasteiger partial charge in [0.1, 0.15) is 22.3 Å². The highest BCUT2D eigenvalue weighted by atomic mass is 35.5. The normalized spacial score (nSPS) is 11.1. The first kappa shape index (κ1) is 16.9. The van der Waals surface area contributed by atoms with Crippen molar-refractivity contribution in [2.24, 2.45) is 0 Å². The van der Waals surface area contributed by atoms with E-state index < -0.39 is 5.82 Å². The fourth-order valence-electron chi connectivity index (χ4n) is 2.83. The van der Waals surface area contributed by atoms with E-state index in [2.05, 4.69) is 15.3 Å². The number of hydrogen-bond acceptors (Lipinski definition) is 4. The molecule has 0 aliphatic heterocycles. The van der Waals surface area contributed by atoms with Crippen molar-refractivity contribution < 1.29 is 8.78 Å². The van der Waals surface area contributed by atoms with Gasteiger partial charge in [-0.1, -0.05) is 24.3 Å². The predicted octanol–water partition coefficient (Wildman–Crippen LogP) is 6.34. The fourth-order valence-corrected chi connectivity index (χ4v) is 4.09. The molecule has 7 heteroatoms. The second kappa shape index (κ2) is 6.63. The van der Waals surface area contributed by atoms with Crippen LogP contribution in [0.4, 0.5) is 20.3 Å². The third-order valence-corrected chi connectivity index (χ3v) is 5.13. The molecule has 4 aromatic rings. The van der Waals surface area contributed by atoms with Crippen LogP contribution in [0, 0.1) is 18.6 Å². The summed E-state index contributed by atoms with van der Waals surface area (Å²) in [5.41, 5.74) is 2.00. The van der Waals surface area contributed by atoms with Crippen LogP contribution in [0.1, 0.15) is 4.88 Å². The molecule has 26 heavy (non-hydrogen) atoms.